The van der Waals surface area contributed by atoms with Crippen LogP contribution in [0.1, 0.15) is 21.6 Å². The maximum absolute atomic E-state index is 11.6. The number of hydrogen-bond acceptors (Lipinski definition) is 5. The van der Waals surface area contributed by atoms with Crippen molar-refractivity contribution in [3.63, 3.8) is 0 Å². The molecule has 0 bridgehead atoms. The first-order valence-electron chi connectivity index (χ1n) is 8.88. The molecular weight excluding hydrogens is 354 g/mol. The SMILES string of the molecule is Cc1cn(-c2ccc(-c3nc(Nc4ccc5c(c4)CNC5=O)n[nH]3)cc2)cn1. The first kappa shape index (κ1) is 16.2. The summed E-state index contributed by atoms with van der Waals surface area (Å²) in [6, 6.07) is 13.6. The molecular formula is C20H17N7O. The Morgan fingerprint density at radius 2 is 2.00 bits per heavy atom. The second-order valence-electron chi connectivity index (χ2n) is 6.66. The van der Waals surface area contributed by atoms with Gasteiger partial charge in [0.05, 0.1) is 12.0 Å². The van der Waals surface area contributed by atoms with Gasteiger partial charge >= 0.3 is 0 Å². The van der Waals surface area contributed by atoms with Gasteiger partial charge in [0.1, 0.15) is 0 Å². The number of hydrogen-bond donors (Lipinski definition) is 3. The lowest BCUT2D eigenvalue weighted by Gasteiger charge is -2.04. The van der Waals surface area contributed by atoms with Gasteiger partial charge in [-0.1, -0.05) is 0 Å². The molecule has 8 nitrogen and oxygen atoms in total. The topological polar surface area (TPSA) is 101 Å². The molecule has 0 radical (unpaired) electrons. The van der Waals surface area contributed by atoms with E-state index in [2.05, 4.69) is 30.8 Å². The number of imidazole rings is 1. The number of anilines is 2. The van der Waals surface area contributed by atoms with Crippen LogP contribution >= 0.6 is 0 Å². The van der Waals surface area contributed by atoms with Crippen molar-refractivity contribution < 1.29 is 4.79 Å². The van der Waals surface area contributed by atoms with Gasteiger partial charge in [-0.3, -0.25) is 9.89 Å². The van der Waals surface area contributed by atoms with Crippen LogP contribution in [0.15, 0.2) is 55.0 Å². The Morgan fingerprint density at radius 1 is 1.14 bits per heavy atom. The van der Waals surface area contributed by atoms with Crippen LogP contribution in [-0.4, -0.2) is 30.6 Å². The standard InChI is InChI=1S/C20H17N7O/c1-12-10-27(11-22-12)16-5-2-13(3-6-16)18-24-20(26-25-18)23-15-4-7-17-14(8-15)9-21-19(17)28/h2-8,10-11H,9H2,1H3,(H,21,28)(H2,23,24,25,26). The van der Waals surface area contributed by atoms with Crippen LogP contribution < -0.4 is 10.6 Å². The lowest BCUT2D eigenvalue weighted by atomic mass is 10.1. The average Bonchev–Trinajstić information content (AvgIpc) is 3.43. The summed E-state index contributed by atoms with van der Waals surface area (Å²) >= 11 is 0. The molecule has 1 aliphatic rings. The van der Waals surface area contributed by atoms with Crippen molar-refractivity contribution >= 4 is 17.5 Å². The van der Waals surface area contributed by atoms with Gasteiger partial charge in [-0.25, -0.2) is 4.98 Å². The largest absolute Gasteiger partial charge is 0.348 e. The van der Waals surface area contributed by atoms with Crippen molar-refractivity contribution in [2.45, 2.75) is 13.5 Å². The average molecular weight is 371 g/mol. The fourth-order valence-electron chi connectivity index (χ4n) is 3.24. The van der Waals surface area contributed by atoms with Crippen LogP contribution in [0.25, 0.3) is 17.1 Å². The summed E-state index contributed by atoms with van der Waals surface area (Å²) in [6.45, 7) is 2.51. The van der Waals surface area contributed by atoms with Gasteiger partial charge in [-0.2, -0.15) is 4.98 Å². The quantitative estimate of drug-likeness (QED) is 0.512. The van der Waals surface area contributed by atoms with E-state index < -0.39 is 0 Å². The van der Waals surface area contributed by atoms with E-state index in [9.17, 15) is 4.79 Å². The summed E-state index contributed by atoms with van der Waals surface area (Å²) in [5.41, 5.74) is 5.47. The molecule has 3 N–H and O–H groups in total. The number of benzene rings is 2. The monoisotopic (exact) mass is 371 g/mol. The van der Waals surface area contributed by atoms with E-state index >= 15 is 0 Å². The molecule has 0 saturated carbocycles. The molecule has 0 spiro atoms. The lowest BCUT2D eigenvalue weighted by Crippen LogP contribution is -2.12. The summed E-state index contributed by atoms with van der Waals surface area (Å²) in [4.78, 5) is 20.4. The van der Waals surface area contributed by atoms with Gasteiger partial charge < -0.3 is 15.2 Å². The second kappa shape index (κ2) is 6.34. The van der Waals surface area contributed by atoms with Crippen molar-refractivity contribution in [3.05, 3.63) is 71.8 Å². The second-order valence-corrected chi connectivity index (χ2v) is 6.66. The Hall–Kier alpha value is -3.94. The zero-order chi connectivity index (χ0) is 19.1. The van der Waals surface area contributed by atoms with Crippen LogP contribution in [0.3, 0.4) is 0 Å². The number of fused-ring (bicyclic) bond motifs is 1. The Kier molecular flexibility index (Phi) is 3.68. The molecule has 3 heterocycles. The summed E-state index contributed by atoms with van der Waals surface area (Å²) in [7, 11) is 0. The first-order chi connectivity index (χ1) is 13.7. The van der Waals surface area contributed by atoms with Crippen LogP contribution in [-0.2, 0) is 6.54 Å². The highest BCUT2D eigenvalue weighted by atomic mass is 16.1. The van der Waals surface area contributed by atoms with Crippen LogP contribution in [0.4, 0.5) is 11.6 Å². The maximum Gasteiger partial charge on any atom is 0.251 e. The number of rotatable bonds is 4. The molecule has 8 heteroatoms. The number of nitrogens with one attached hydrogen (secondary N) is 3. The van der Waals surface area contributed by atoms with Crippen molar-refractivity contribution in [2.24, 2.45) is 0 Å². The third-order valence-corrected chi connectivity index (χ3v) is 4.68. The number of H-pyrrole nitrogens is 1. The van der Waals surface area contributed by atoms with Gasteiger partial charge in [0.25, 0.3) is 5.91 Å². The fourth-order valence-corrected chi connectivity index (χ4v) is 3.24. The summed E-state index contributed by atoms with van der Waals surface area (Å²) in [5, 5.41) is 13.2. The van der Waals surface area contributed by atoms with Gasteiger partial charge in [0.15, 0.2) is 5.82 Å². The normalized spacial score (nSPS) is 12.7. The molecule has 0 aliphatic carbocycles. The maximum atomic E-state index is 11.6. The molecule has 0 atom stereocenters. The predicted octanol–water partition coefficient (Wildman–Crippen LogP) is 2.95. The minimum Gasteiger partial charge on any atom is -0.348 e. The third kappa shape index (κ3) is 2.90. The zero-order valence-corrected chi connectivity index (χ0v) is 15.1. The predicted molar refractivity (Wildman–Crippen MR) is 105 cm³/mol. The molecule has 0 saturated heterocycles. The minimum absolute atomic E-state index is 0.0315. The van der Waals surface area contributed by atoms with E-state index in [1.807, 2.05) is 60.2 Å². The minimum atomic E-state index is -0.0315. The van der Waals surface area contributed by atoms with Gasteiger partial charge in [-0.15, -0.1) is 5.10 Å². The number of amides is 1. The van der Waals surface area contributed by atoms with Crippen LogP contribution in [0.2, 0.25) is 0 Å². The Morgan fingerprint density at radius 3 is 2.79 bits per heavy atom. The van der Waals surface area contributed by atoms with Crippen LogP contribution in [0, 0.1) is 6.92 Å². The Bertz CT molecular complexity index is 1170. The molecule has 1 amide bonds. The number of aromatic amines is 1. The Balaban J connectivity index is 1.34. The number of nitrogens with zero attached hydrogens (tertiary/aromatic N) is 4. The summed E-state index contributed by atoms with van der Waals surface area (Å²) in [6.07, 6.45) is 3.77. The van der Waals surface area contributed by atoms with Gasteiger partial charge in [-0.05, 0) is 55.0 Å². The van der Waals surface area contributed by atoms with Gasteiger partial charge in [0, 0.05) is 35.2 Å². The number of carbonyl (C=O) groups is 1. The molecule has 5 rings (SSSR count). The van der Waals surface area contributed by atoms with Crippen molar-refractivity contribution in [2.75, 3.05) is 5.32 Å². The molecule has 28 heavy (non-hydrogen) atoms. The molecule has 138 valence electrons. The van der Waals surface area contributed by atoms with Crippen LogP contribution in [0.5, 0.6) is 0 Å². The van der Waals surface area contributed by atoms with Crippen molar-refractivity contribution in [3.8, 4) is 17.1 Å². The number of carbonyl (C=O) groups excluding carboxylic acids is 1. The van der Waals surface area contributed by atoms with E-state index in [-0.39, 0.29) is 5.91 Å². The van der Waals surface area contributed by atoms with Crippen molar-refractivity contribution in [1.82, 2.24) is 30.0 Å². The molecule has 1 aliphatic heterocycles. The molecule has 2 aromatic heterocycles. The number of aryl methyl sites for hydroxylation is 1. The lowest BCUT2D eigenvalue weighted by molar-refractivity contribution is 0.0966. The van der Waals surface area contributed by atoms with E-state index in [0.29, 0.717) is 18.3 Å². The molecule has 4 aromatic rings. The molecule has 0 unspecified atom stereocenters. The third-order valence-electron chi connectivity index (χ3n) is 4.68. The van der Waals surface area contributed by atoms with E-state index in [0.717, 1.165) is 33.8 Å². The first-order valence-corrected chi connectivity index (χ1v) is 8.88. The smallest absolute Gasteiger partial charge is 0.251 e. The highest BCUT2D eigenvalue weighted by molar-refractivity contribution is 5.98. The van der Waals surface area contributed by atoms with E-state index in [1.54, 1.807) is 6.33 Å². The number of aromatic nitrogens is 5. The van der Waals surface area contributed by atoms with E-state index in [1.165, 1.54) is 0 Å². The summed E-state index contributed by atoms with van der Waals surface area (Å²) < 4.78 is 1.97. The highest BCUT2D eigenvalue weighted by Crippen LogP contribution is 2.23. The Labute approximate surface area is 160 Å². The van der Waals surface area contributed by atoms with Crippen molar-refractivity contribution in [1.29, 1.82) is 0 Å². The van der Waals surface area contributed by atoms with E-state index in [4.69, 9.17) is 0 Å². The highest BCUT2D eigenvalue weighted by Gasteiger charge is 2.18. The zero-order valence-electron chi connectivity index (χ0n) is 15.1. The molecule has 0 fully saturated rings. The summed E-state index contributed by atoms with van der Waals surface area (Å²) in [5.74, 6) is 1.12. The molecule has 2 aromatic carbocycles. The van der Waals surface area contributed by atoms with Gasteiger partial charge in [0.2, 0.25) is 5.95 Å². The fraction of sp³-hybridized carbons (Fsp3) is 0.100.